The van der Waals surface area contributed by atoms with Gasteiger partial charge in [0.15, 0.2) is 0 Å². The maximum atomic E-state index is 6.99. The molecule has 0 radical (unpaired) electrons. The van der Waals surface area contributed by atoms with Crippen LogP contribution in [0.3, 0.4) is 0 Å². The molecule has 0 unspecified atom stereocenters. The SMILES string of the molecule is [C-]#[N+]c1ccc(N2CCNCC2(C)C)cc1Cl. The van der Waals surface area contributed by atoms with Gasteiger partial charge in [0.05, 0.1) is 6.57 Å². The first-order valence-electron chi connectivity index (χ1n) is 5.70. The monoisotopic (exact) mass is 249 g/mol. The predicted molar refractivity (Wildman–Crippen MR) is 72.0 cm³/mol. The number of rotatable bonds is 1. The van der Waals surface area contributed by atoms with Gasteiger partial charge in [0, 0.05) is 35.9 Å². The summed E-state index contributed by atoms with van der Waals surface area (Å²) < 4.78 is 0. The molecule has 4 heteroatoms. The highest BCUT2D eigenvalue weighted by Crippen LogP contribution is 2.32. The van der Waals surface area contributed by atoms with E-state index in [1.54, 1.807) is 6.07 Å². The Labute approximate surface area is 107 Å². The Balaban J connectivity index is 2.34. The Morgan fingerprint density at radius 3 is 2.82 bits per heavy atom. The summed E-state index contributed by atoms with van der Waals surface area (Å²) in [5.74, 6) is 0. The molecule has 2 rings (SSSR count). The zero-order chi connectivity index (χ0) is 12.5. The molecule has 1 saturated heterocycles. The summed E-state index contributed by atoms with van der Waals surface area (Å²) in [6.45, 7) is 14.3. The fourth-order valence-electron chi connectivity index (χ4n) is 2.22. The van der Waals surface area contributed by atoms with Crippen LogP contribution >= 0.6 is 11.6 Å². The van der Waals surface area contributed by atoms with Gasteiger partial charge in [-0.3, -0.25) is 0 Å². The summed E-state index contributed by atoms with van der Waals surface area (Å²) in [5.41, 5.74) is 1.68. The number of halogens is 1. The summed E-state index contributed by atoms with van der Waals surface area (Å²) in [4.78, 5) is 5.72. The van der Waals surface area contributed by atoms with Crippen molar-refractivity contribution < 1.29 is 0 Å². The molecule has 1 N–H and O–H groups in total. The normalized spacial score (nSPS) is 18.8. The molecule has 1 aliphatic heterocycles. The molecule has 0 aliphatic carbocycles. The van der Waals surface area contributed by atoms with E-state index in [1.807, 2.05) is 12.1 Å². The number of hydrogen-bond donors (Lipinski definition) is 1. The number of piperazine rings is 1. The Hall–Kier alpha value is -1.24. The number of benzene rings is 1. The van der Waals surface area contributed by atoms with Crippen LogP contribution in [0.15, 0.2) is 18.2 Å². The van der Waals surface area contributed by atoms with Crippen LogP contribution < -0.4 is 10.2 Å². The lowest BCUT2D eigenvalue weighted by molar-refractivity contribution is 0.380. The maximum Gasteiger partial charge on any atom is 0.205 e. The van der Waals surface area contributed by atoms with Crippen molar-refractivity contribution in [1.29, 1.82) is 0 Å². The van der Waals surface area contributed by atoms with Crippen molar-refractivity contribution in [3.8, 4) is 0 Å². The molecule has 1 aliphatic rings. The molecule has 0 atom stereocenters. The van der Waals surface area contributed by atoms with Gasteiger partial charge in [-0.15, -0.1) is 0 Å². The molecule has 0 spiro atoms. The van der Waals surface area contributed by atoms with Gasteiger partial charge in [-0.05, 0) is 26.0 Å². The van der Waals surface area contributed by atoms with Crippen LogP contribution in [-0.4, -0.2) is 25.2 Å². The summed E-state index contributed by atoms with van der Waals surface area (Å²) in [6, 6.07) is 5.66. The van der Waals surface area contributed by atoms with Crippen molar-refractivity contribution in [2.75, 3.05) is 24.5 Å². The summed E-state index contributed by atoms with van der Waals surface area (Å²) in [5, 5.41) is 3.92. The van der Waals surface area contributed by atoms with Crippen LogP contribution in [0, 0.1) is 6.57 Å². The second-order valence-corrected chi connectivity index (χ2v) is 5.30. The third kappa shape index (κ3) is 2.38. The number of nitrogens with zero attached hydrogens (tertiary/aromatic N) is 2. The molecular formula is C13H16ClN3. The summed E-state index contributed by atoms with van der Waals surface area (Å²) in [7, 11) is 0. The van der Waals surface area contributed by atoms with Gasteiger partial charge in [0.2, 0.25) is 5.69 Å². The lowest BCUT2D eigenvalue weighted by Gasteiger charge is -2.44. The Morgan fingerprint density at radius 1 is 1.47 bits per heavy atom. The predicted octanol–water partition coefficient (Wildman–Crippen LogP) is 3.08. The van der Waals surface area contributed by atoms with E-state index in [0.29, 0.717) is 10.7 Å². The molecular weight excluding hydrogens is 234 g/mol. The van der Waals surface area contributed by atoms with Crippen molar-refractivity contribution >= 4 is 23.0 Å². The van der Waals surface area contributed by atoms with Gasteiger partial charge in [0.1, 0.15) is 0 Å². The molecule has 0 amide bonds. The van der Waals surface area contributed by atoms with E-state index in [-0.39, 0.29) is 5.54 Å². The van der Waals surface area contributed by atoms with Gasteiger partial charge < -0.3 is 10.2 Å². The van der Waals surface area contributed by atoms with Crippen molar-refractivity contribution in [3.63, 3.8) is 0 Å². The second kappa shape index (κ2) is 4.56. The molecule has 0 bridgehead atoms. The first-order chi connectivity index (χ1) is 8.04. The van der Waals surface area contributed by atoms with Gasteiger partial charge in [0.25, 0.3) is 0 Å². The standard InChI is InChI=1S/C13H16ClN3/c1-13(2)9-16-6-7-17(13)10-4-5-12(15-3)11(14)8-10/h4-5,8,16H,6-7,9H2,1-2H3. The number of hydrogen-bond acceptors (Lipinski definition) is 2. The third-order valence-corrected chi connectivity index (χ3v) is 3.47. The van der Waals surface area contributed by atoms with E-state index in [2.05, 4.69) is 28.9 Å². The van der Waals surface area contributed by atoms with E-state index < -0.39 is 0 Å². The van der Waals surface area contributed by atoms with Crippen molar-refractivity contribution in [2.45, 2.75) is 19.4 Å². The van der Waals surface area contributed by atoms with Crippen LogP contribution in [-0.2, 0) is 0 Å². The molecule has 1 heterocycles. The van der Waals surface area contributed by atoms with E-state index >= 15 is 0 Å². The Bertz CT molecular complexity index is 462. The first-order valence-corrected chi connectivity index (χ1v) is 6.08. The minimum absolute atomic E-state index is 0.0706. The van der Waals surface area contributed by atoms with Gasteiger partial charge >= 0.3 is 0 Å². The van der Waals surface area contributed by atoms with Gasteiger partial charge in [-0.2, -0.15) is 0 Å². The average Bonchev–Trinajstić information content (AvgIpc) is 2.28. The van der Waals surface area contributed by atoms with Crippen molar-refractivity contribution in [2.24, 2.45) is 0 Å². The fraction of sp³-hybridized carbons (Fsp3) is 0.462. The lowest BCUT2D eigenvalue weighted by atomic mass is 9.99. The second-order valence-electron chi connectivity index (χ2n) is 4.89. The van der Waals surface area contributed by atoms with Crippen molar-refractivity contribution in [3.05, 3.63) is 34.6 Å². The lowest BCUT2D eigenvalue weighted by Crippen LogP contribution is -2.58. The highest BCUT2D eigenvalue weighted by Gasteiger charge is 2.29. The van der Waals surface area contributed by atoms with E-state index in [0.717, 1.165) is 25.3 Å². The smallest absolute Gasteiger partial charge is 0.205 e. The quantitative estimate of drug-likeness (QED) is 0.772. The number of anilines is 1. The molecule has 1 aromatic carbocycles. The van der Waals surface area contributed by atoms with Crippen LogP contribution in [0.4, 0.5) is 11.4 Å². The van der Waals surface area contributed by atoms with Crippen molar-refractivity contribution in [1.82, 2.24) is 5.32 Å². The van der Waals surface area contributed by atoms with Gasteiger partial charge in [-0.25, -0.2) is 4.85 Å². The first kappa shape index (κ1) is 12.2. The van der Waals surface area contributed by atoms with E-state index in [4.69, 9.17) is 18.2 Å². The van der Waals surface area contributed by atoms with Crippen LogP contribution in [0.5, 0.6) is 0 Å². The maximum absolute atomic E-state index is 6.99. The van der Waals surface area contributed by atoms with Crippen LogP contribution in [0.25, 0.3) is 4.85 Å². The Morgan fingerprint density at radius 2 is 2.24 bits per heavy atom. The van der Waals surface area contributed by atoms with Crippen LogP contribution in [0.1, 0.15) is 13.8 Å². The average molecular weight is 250 g/mol. The topological polar surface area (TPSA) is 19.6 Å². The molecule has 90 valence electrons. The minimum atomic E-state index is 0.0706. The summed E-state index contributed by atoms with van der Waals surface area (Å²) >= 11 is 6.09. The Kier molecular flexibility index (Phi) is 3.28. The molecule has 0 aromatic heterocycles. The fourth-order valence-corrected chi connectivity index (χ4v) is 2.43. The molecule has 17 heavy (non-hydrogen) atoms. The highest BCUT2D eigenvalue weighted by atomic mass is 35.5. The van der Waals surface area contributed by atoms with E-state index in [9.17, 15) is 0 Å². The summed E-state index contributed by atoms with van der Waals surface area (Å²) in [6.07, 6.45) is 0. The van der Waals surface area contributed by atoms with Crippen LogP contribution in [0.2, 0.25) is 5.02 Å². The third-order valence-electron chi connectivity index (χ3n) is 3.16. The molecule has 1 fully saturated rings. The largest absolute Gasteiger partial charge is 0.364 e. The molecule has 0 saturated carbocycles. The minimum Gasteiger partial charge on any atom is -0.364 e. The van der Waals surface area contributed by atoms with E-state index in [1.165, 1.54) is 0 Å². The zero-order valence-electron chi connectivity index (χ0n) is 10.1. The molecule has 3 nitrogen and oxygen atoms in total. The number of nitrogens with one attached hydrogen (secondary N) is 1. The molecule has 1 aromatic rings. The van der Waals surface area contributed by atoms with Gasteiger partial charge in [-0.1, -0.05) is 17.7 Å². The highest BCUT2D eigenvalue weighted by molar-refractivity contribution is 6.33. The zero-order valence-corrected chi connectivity index (χ0v) is 10.9.